The number of carbonyl (C=O) groups excluding carboxylic acids is 2. The van der Waals surface area contributed by atoms with Crippen molar-refractivity contribution in [3.63, 3.8) is 0 Å². The second-order valence-electron chi connectivity index (χ2n) is 3.98. The summed E-state index contributed by atoms with van der Waals surface area (Å²) in [6, 6.07) is 0. The van der Waals surface area contributed by atoms with Crippen LogP contribution in [0, 0.1) is 5.92 Å². The molecular weight excluding hydrogens is 208 g/mol. The van der Waals surface area contributed by atoms with Crippen LogP contribution in [0.1, 0.15) is 27.7 Å². The summed E-state index contributed by atoms with van der Waals surface area (Å²) in [6.45, 7) is 10.7. The van der Waals surface area contributed by atoms with Crippen LogP contribution in [0.2, 0.25) is 0 Å². The molecule has 0 fully saturated rings. The summed E-state index contributed by atoms with van der Waals surface area (Å²) in [5, 5.41) is 0. The van der Waals surface area contributed by atoms with Crippen LogP contribution in [-0.4, -0.2) is 18.5 Å². The zero-order valence-electron chi connectivity index (χ0n) is 10.2. The largest absolute Gasteiger partial charge is 0.462 e. The molecule has 0 aromatic rings. The highest BCUT2D eigenvalue weighted by Crippen LogP contribution is 2.02. The number of esters is 2. The predicted molar refractivity (Wildman–Crippen MR) is 60.5 cm³/mol. The third kappa shape index (κ3) is 6.01. The zero-order valence-corrected chi connectivity index (χ0v) is 10.2. The lowest BCUT2D eigenvalue weighted by atomic mass is 10.2. The van der Waals surface area contributed by atoms with Gasteiger partial charge in [-0.15, -0.1) is 0 Å². The predicted octanol–water partition coefficient (Wildman–Crippen LogP) is 2.21. The molecule has 16 heavy (non-hydrogen) atoms. The fraction of sp³-hybridized carbons (Fsp3) is 0.500. The minimum absolute atomic E-state index is 0.246. The Morgan fingerprint density at radius 1 is 1.25 bits per heavy atom. The van der Waals surface area contributed by atoms with Crippen molar-refractivity contribution in [1.82, 2.24) is 0 Å². The molecule has 0 spiro atoms. The van der Waals surface area contributed by atoms with Crippen LogP contribution in [0.3, 0.4) is 0 Å². The van der Waals surface area contributed by atoms with Crippen molar-refractivity contribution in [2.24, 2.45) is 5.92 Å². The van der Waals surface area contributed by atoms with Gasteiger partial charge < -0.3 is 9.47 Å². The molecule has 0 amide bonds. The molecule has 0 aromatic carbocycles. The molecule has 90 valence electrons. The van der Waals surface area contributed by atoms with E-state index in [0.29, 0.717) is 6.61 Å². The van der Waals surface area contributed by atoms with Gasteiger partial charge in [0.05, 0.1) is 12.2 Å². The van der Waals surface area contributed by atoms with Crippen LogP contribution in [-0.2, 0) is 19.1 Å². The first kappa shape index (κ1) is 14.4. The summed E-state index contributed by atoms with van der Waals surface area (Å²) in [7, 11) is 0. The first-order valence-electron chi connectivity index (χ1n) is 5.05. The molecule has 4 nitrogen and oxygen atoms in total. The SMILES string of the molecule is C=C(C)C(=O)OC=C(C)C(=O)OCC(C)C. The van der Waals surface area contributed by atoms with E-state index in [1.165, 1.54) is 13.8 Å². The minimum Gasteiger partial charge on any atom is -0.462 e. The minimum atomic E-state index is -0.559. The van der Waals surface area contributed by atoms with Crippen LogP contribution >= 0.6 is 0 Å². The standard InChI is InChI=1S/C12H18O4/c1-8(2)6-15-12(14)10(5)7-16-11(13)9(3)4/h7-8H,3,6H2,1-2,4-5H3. The number of carbonyl (C=O) groups is 2. The van der Waals surface area contributed by atoms with Gasteiger partial charge in [-0.2, -0.15) is 0 Å². The summed E-state index contributed by atoms with van der Waals surface area (Å²) in [5.74, 6) is -0.769. The molecule has 0 aliphatic carbocycles. The molecule has 0 atom stereocenters. The summed E-state index contributed by atoms with van der Waals surface area (Å²) < 4.78 is 9.63. The van der Waals surface area contributed by atoms with Crippen LogP contribution in [0.25, 0.3) is 0 Å². The Labute approximate surface area is 95.9 Å². The molecule has 0 N–H and O–H groups in total. The Morgan fingerprint density at radius 3 is 2.25 bits per heavy atom. The Hall–Kier alpha value is -1.58. The van der Waals surface area contributed by atoms with E-state index in [2.05, 4.69) is 6.58 Å². The third-order valence-electron chi connectivity index (χ3n) is 1.56. The Morgan fingerprint density at radius 2 is 1.81 bits per heavy atom. The molecule has 0 saturated heterocycles. The second-order valence-corrected chi connectivity index (χ2v) is 3.98. The zero-order chi connectivity index (χ0) is 12.7. The maximum absolute atomic E-state index is 11.3. The van der Waals surface area contributed by atoms with Gasteiger partial charge in [-0.1, -0.05) is 20.4 Å². The molecule has 0 aliphatic rings. The van der Waals surface area contributed by atoms with Gasteiger partial charge in [-0.05, 0) is 19.8 Å². The summed E-state index contributed by atoms with van der Waals surface area (Å²) in [5.41, 5.74) is 0.523. The number of rotatable bonds is 5. The molecule has 0 heterocycles. The normalized spacial score (nSPS) is 11.2. The van der Waals surface area contributed by atoms with Gasteiger partial charge in [-0.25, -0.2) is 9.59 Å². The van der Waals surface area contributed by atoms with E-state index in [1.54, 1.807) is 0 Å². The highest BCUT2D eigenvalue weighted by molar-refractivity contribution is 5.90. The molecule has 4 heteroatoms. The van der Waals surface area contributed by atoms with E-state index in [0.717, 1.165) is 6.26 Å². The third-order valence-corrected chi connectivity index (χ3v) is 1.56. The Balaban J connectivity index is 4.17. The second kappa shape index (κ2) is 6.82. The molecule has 0 aliphatic heterocycles. The van der Waals surface area contributed by atoms with Crippen LogP contribution in [0.4, 0.5) is 0 Å². The highest BCUT2D eigenvalue weighted by Gasteiger charge is 2.08. The average Bonchev–Trinajstić information content (AvgIpc) is 2.21. The number of hydrogen-bond acceptors (Lipinski definition) is 4. The van der Waals surface area contributed by atoms with Gasteiger partial charge in [0, 0.05) is 5.57 Å². The lowest BCUT2D eigenvalue weighted by Gasteiger charge is -2.07. The van der Waals surface area contributed by atoms with Gasteiger partial charge in [-0.3, -0.25) is 0 Å². The average molecular weight is 226 g/mol. The van der Waals surface area contributed by atoms with E-state index in [1.807, 2.05) is 13.8 Å². The molecule has 0 bridgehead atoms. The van der Waals surface area contributed by atoms with E-state index in [9.17, 15) is 9.59 Å². The van der Waals surface area contributed by atoms with Gasteiger partial charge in [0.1, 0.15) is 6.26 Å². The van der Waals surface area contributed by atoms with Gasteiger partial charge >= 0.3 is 11.9 Å². The first-order chi connectivity index (χ1) is 7.34. The monoisotopic (exact) mass is 226 g/mol. The molecule has 0 aromatic heterocycles. The Kier molecular flexibility index (Phi) is 6.15. The quantitative estimate of drug-likeness (QED) is 0.409. The van der Waals surface area contributed by atoms with E-state index in [4.69, 9.17) is 9.47 Å². The van der Waals surface area contributed by atoms with Crippen molar-refractivity contribution < 1.29 is 19.1 Å². The Bertz CT molecular complexity index is 313. The first-order valence-corrected chi connectivity index (χ1v) is 5.05. The fourth-order valence-electron chi connectivity index (χ4n) is 0.647. The molecule has 0 radical (unpaired) electrons. The van der Waals surface area contributed by atoms with Crippen molar-refractivity contribution in [3.05, 3.63) is 24.0 Å². The van der Waals surface area contributed by atoms with Crippen molar-refractivity contribution >= 4 is 11.9 Å². The molecule has 0 saturated carbocycles. The summed E-state index contributed by atoms with van der Waals surface area (Å²) in [4.78, 5) is 22.3. The van der Waals surface area contributed by atoms with Gasteiger partial charge in [0.25, 0.3) is 0 Å². The molecule has 0 unspecified atom stereocenters. The topological polar surface area (TPSA) is 52.6 Å². The fourth-order valence-corrected chi connectivity index (χ4v) is 0.647. The summed E-state index contributed by atoms with van der Waals surface area (Å²) in [6.07, 6.45) is 1.08. The maximum atomic E-state index is 11.3. The van der Waals surface area contributed by atoms with Crippen molar-refractivity contribution in [1.29, 1.82) is 0 Å². The van der Waals surface area contributed by atoms with Crippen LogP contribution < -0.4 is 0 Å². The van der Waals surface area contributed by atoms with E-state index >= 15 is 0 Å². The van der Waals surface area contributed by atoms with Crippen LogP contribution in [0.15, 0.2) is 24.0 Å². The van der Waals surface area contributed by atoms with Crippen molar-refractivity contribution in [2.45, 2.75) is 27.7 Å². The van der Waals surface area contributed by atoms with Crippen LogP contribution in [0.5, 0.6) is 0 Å². The smallest absolute Gasteiger partial charge is 0.337 e. The summed E-state index contributed by atoms with van der Waals surface area (Å²) >= 11 is 0. The lowest BCUT2D eigenvalue weighted by molar-refractivity contribution is -0.140. The number of hydrogen-bond donors (Lipinski definition) is 0. The van der Waals surface area contributed by atoms with Gasteiger partial charge in [0.15, 0.2) is 0 Å². The highest BCUT2D eigenvalue weighted by atomic mass is 16.5. The van der Waals surface area contributed by atoms with Crippen molar-refractivity contribution in [3.8, 4) is 0 Å². The van der Waals surface area contributed by atoms with Gasteiger partial charge in [0.2, 0.25) is 0 Å². The number of ether oxygens (including phenoxy) is 2. The lowest BCUT2D eigenvalue weighted by Crippen LogP contribution is -2.11. The molecule has 0 rings (SSSR count). The molecular formula is C12H18O4. The van der Waals surface area contributed by atoms with Crippen molar-refractivity contribution in [2.75, 3.05) is 6.61 Å². The van der Waals surface area contributed by atoms with E-state index < -0.39 is 11.9 Å². The van der Waals surface area contributed by atoms with E-state index in [-0.39, 0.29) is 17.1 Å². The maximum Gasteiger partial charge on any atom is 0.337 e.